The van der Waals surface area contributed by atoms with Crippen LogP contribution < -0.4 is 0 Å². The van der Waals surface area contributed by atoms with Gasteiger partial charge in [0.2, 0.25) is 0 Å². The predicted molar refractivity (Wildman–Crippen MR) is 71.0 cm³/mol. The molecule has 7 nitrogen and oxygen atoms in total. The zero-order chi connectivity index (χ0) is 17.3. The van der Waals surface area contributed by atoms with Gasteiger partial charge in [0.05, 0.1) is 17.8 Å². The largest absolute Gasteiger partial charge is 0.465 e. The summed E-state index contributed by atoms with van der Waals surface area (Å²) >= 11 is 0. The Morgan fingerprint density at radius 3 is 2.09 bits per heavy atom. The second kappa shape index (κ2) is 4.62. The first-order chi connectivity index (χ1) is 10.3. The van der Waals surface area contributed by atoms with Crippen LogP contribution in [0.4, 0.5) is 8.78 Å². The molecule has 4 saturated carbocycles. The van der Waals surface area contributed by atoms with Crippen LogP contribution in [0.3, 0.4) is 0 Å². The summed E-state index contributed by atoms with van der Waals surface area (Å²) in [6.07, 6.45) is 2.11. The lowest BCUT2D eigenvalue weighted by Gasteiger charge is -2.62. The summed E-state index contributed by atoms with van der Waals surface area (Å²) in [5.41, 5.74) is -3.09. The van der Waals surface area contributed by atoms with Crippen molar-refractivity contribution >= 4 is 16.1 Å². The maximum atomic E-state index is 13.2. The molecule has 0 radical (unpaired) electrons. The quantitative estimate of drug-likeness (QED) is 0.494. The number of alkyl halides is 2. The van der Waals surface area contributed by atoms with E-state index >= 15 is 0 Å². The highest BCUT2D eigenvalue weighted by Crippen LogP contribution is 2.63. The summed E-state index contributed by atoms with van der Waals surface area (Å²) < 4.78 is 60.4. The molecule has 4 fully saturated rings. The van der Waals surface area contributed by atoms with E-state index in [-0.39, 0.29) is 25.2 Å². The Bertz CT molecular complexity index is 629. The molecule has 0 aromatic heterocycles. The average molecular weight is 356 g/mol. The first-order valence-electron chi connectivity index (χ1n) is 7.25. The Labute approximate surface area is 131 Å². The molecular weight excluding hydrogens is 338 g/mol. The molecule has 0 amide bonds. The SMILES string of the molecule is O=C(OCC12CC3CC(O)(CC(O)(C3)C1)C2)C(F)(F)S(=O)(=O)O. The zero-order valence-corrected chi connectivity index (χ0v) is 13.0. The summed E-state index contributed by atoms with van der Waals surface area (Å²) in [6, 6.07) is 0. The minimum atomic E-state index is -5.91. The van der Waals surface area contributed by atoms with Crippen LogP contribution in [0, 0.1) is 11.3 Å². The van der Waals surface area contributed by atoms with Gasteiger partial charge in [0, 0.05) is 11.8 Å². The molecule has 0 aromatic rings. The Balaban J connectivity index is 1.75. The van der Waals surface area contributed by atoms with Crippen LogP contribution in [0.1, 0.15) is 38.5 Å². The van der Waals surface area contributed by atoms with Gasteiger partial charge in [-0.05, 0) is 38.0 Å². The van der Waals surface area contributed by atoms with E-state index < -0.39 is 44.6 Å². The second-order valence-corrected chi connectivity index (χ2v) is 8.99. The second-order valence-electron chi connectivity index (χ2n) is 7.53. The van der Waals surface area contributed by atoms with Gasteiger partial charge in [-0.1, -0.05) is 0 Å². The Kier molecular flexibility index (Phi) is 3.41. The Hall–Kier alpha value is -0.840. The molecule has 0 spiro atoms. The van der Waals surface area contributed by atoms with Gasteiger partial charge < -0.3 is 14.9 Å². The molecule has 3 N–H and O–H groups in total. The summed E-state index contributed by atoms with van der Waals surface area (Å²) in [5, 5.41) is 16.0. The van der Waals surface area contributed by atoms with Crippen molar-refractivity contribution in [2.45, 2.75) is 55.0 Å². The van der Waals surface area contributed by atoms with Gasteiger partial charge in [0.25, 0.3) is 0 Å². The fourth-order valence-corrected chi connectivity index (χ4v) is 5.37. The van der Waals surface area contributed by atoms with Crippen LogP contribution in [0.15, 0.2) is 0 Å². The van der Waals surface area contributed by atoms with E-state index in [0.717, 1.165) is 0 Å². The number of esters is 1. The highest BCUT2D eigenvalue weighted by Gasteiger charge is 2.63. The van der Waals surface area contributed by atoms with Crippen molar-refractivity contribution < 1.29 is 41.5 Å². The minimum absolute atomic E-state index is 0.00189. The number of carbonyl (C=O) groups excluding carboxylic acids is 1. The van der Waals surface area contributed by atoms with E-state index in [1.807, 2.05) is 0 Å². The zero-order valence-electron chi connectivity index (χ0n) is 12.2. The van der Waals surface area contributed by atoms with Gasteiger partial charge in [-0.15, -0.1) is 0 Å². The average Bonchev–Trinajstić information content (AvgIpc) is 2.29. The van der Waals surface area contributed by atoms with Crippen LogP contribution in [0.25, 0.3) is 0 Å². The van der Waals surface area contributed by atoms with Gasteiger partial charge in [-0.3, -0.25) is 4.55 Å². The molecule has 4 bridgehead atoms. The van der Waals surface area contributed by atoms with Crippen molar-refractivity contribution in [3.63, 3.8) is 0 Å². The standard InChI is InChI=1S/C13H18F2O7S/c14-13(15,23(19,20)21)9(16)22-7-10-1-8-2-11(17,4-10)6-12(18,3-8)5-10/h8,17-18H,1-7H2,(H,19,20,21). The molecule has 10 heteroatoms. The van der Waals surface area contributed by atoms with Crippen molar-refractivity contribution in [1.29, 1.82) is 0 Å². The maximum absolute atomic E-state index is 13.2. The number of carbonyl (C=O) groups is 1. The molecule has 0 saturated heterocycles. The lowest BCUT2D eigenvalue weighted by molar-refractivity contribution is -0.241. The fourth-order valence-electron chi connectivity index (χ4n) is 5.10. The minimum Gasteiger partial charge on any atom is -0.460 e. The monoisotopic (exact) mass is 356 g/mol. The van der Waals surface area contributed by atoms with Crippen LogP contribution in [-0.2, 0) is 19.6 Å². The third-order valence-corrected chi connectivity index (χ3v) is 6.01. The van der Waals surface area contributed by atoms with Crippen molar-refractivity contribution in [2.75, 3.05) is 6.61 Å². The third-order valence-electron chi connectivity index (χ3n) is 5.20. The molecule has 0 aliphatic heterocycles. The number of halogens is 2. The number of hydrogen-bond donors (Lipinski definition) is 3. The number of ether oxygens (including phenoxy) is 1. The summed E-state index contributed by atoms with van der Waals surface area (Å²) in [7, 11) is -5.91. The Morgan fingerprint density at radius 1 is 1.13 bits per heavy atom. The van der Waals surface area contributed by atoms with E-state index in [2.05, 4.69) is 4.74 Å². The molecular formula is C13H18F2O7S. The normalized spacial score (nSPS) is 42.7. The van der Waals surface area contributed by atoms with Crippen LogP contribution in [0.2, 0.25) is 0 Å². The summed E-state index contributed by atoms with van der Waals surface area (Å²) in [4.78, 5) is 11.3. The van der Waals surface area contributed by atoms with E-state index in [4.69, 9.17) is 4.55 Å². The number of aliphatic hydroxyl groups is 2. The number of hydrogen-bond acceptors (Lipinski definition) is 6. The van der Waals surface area contributed by atoms with Crippen molar-refractivity contribution in [3.05, 3.63) is 0 Å². The van der Waals surface area contributed by atoms with Crippen molar-refractivity contribution in [2.24, 2.45) is 11.3 Å². The number of rotatable bonds is 4. The van der Waals surface area contributed by atoms with E-state index in [9.17, 15) is 32.2 Å². The maximum Gasteiger partial charge on any atom is 0.465 e. The van der Waals surface area contributed by atoms with Crippen molar-refractivity contribution in [1.82, 2.24) is 0 Å². The molecule has 2 unspecified atom stereocenters. The van der Waals surface area contributed by atoms with E-state index in [1.54, 1.807) is 0 Å². The molecule has 132 valence electrons. The van der Waals surface area contributed by atoms with Crippen LogP contribution in [-0.4, -0.2) is 52.2 Å². The van der Waals surface area contributed by atoms with Gasteiger partial charge in [-0.2, -0.15) is 17.2 Å². The molecule has 23 heavy (non-hydrogen) atoms. The highest BCUT2D eigenvalue weighted by molar-refractivity contribution is 7.87. The molecule has 0 heterocycles. The van der Waals surface area contributed by atoms with Gasteiger partial charge >= 0.3 is 21.3 Å². The van der Waals surface area contributed by atoms with E-state index in [1.165, 1.54) is 0 Å². The summed E-state index contributed by atoms with van der Waals surface area (Å²) in [6.45, 7) is -0.530. The lowest BCUT2D eigenvalue weighted by Crippen LogP contribution is -2.64. The van der Waals surface area contributed by atoms with Gasteiger partial charge in [-0.25, -0.2) is 4.79 Å². The molecule has 4 aliphatic rings. The lowest BCUT2D eigenvalue weighted by atomic mass is 9.46. The first kappa shape index (κ1) is 17.0. The van der Waals surface area contributed by atoms with Gasteiger partial charge in [0.1, 0.15) is 0 Å². The topological polar surface area (TPSA) is 121 Å². The Morgan fingerprint density at radius 2 is 1.65 bits per heavy atom. The predicted octanol–water partition coefficient (Wildman–Crippen LogP) is 0.456. The van der Waals surface area contributed by atoms with Crippen LogP contribution >= 0.6 is 0 Å². The molecule has 4 aliphatic carbocycles. The smallest absolute Gasteiger partial charge is 0.460 e. The highest BCUT2D eigenvalue weighted by atomic mass is 32.2. The van der Waals surface area contributed by atoms with Crippen LogP contribution in [0.5, 0.6) is 0 Å². The molecule has 4 rings (SSSR count). The fraction of sp³-hybridized carbons (Fsp3) is 0.923. The third kappa shape index (κ3) is 2.75. The molecule has 0 aromatic carbocycles. The van der Waals surface area contributed by atoms with E-state index in [0.29, 0.717) is 19.3 Å². The summed E-state index contributed by atoms with van der Waals surface area (Å²) in [5.74, 6) is -2.35. The van der Waals surface area contributed by atoms with Crippen molar-refractivity contribution in [3.8, 4) is 0 Å². The molecule has 2 atom stereocenters. The van der Waals surface area contributed by atoms with Gasteiger partial charge in [0.15, 0.2) is 0 Å². The first-order valence-corrected chi connectivity index (χ1v) is 8.69.